The number of hydrogen-bond acceptors (Lipinski definition) is 8. The lowest BCUT2D eigenvalue weighted by Gasteiger charge is -2.37. The summed E-state index contributed by atoms with van der Waals surface area (Å²) in [7, 11) is 3.47. The molecule has 0 saturated carbocycles. The number of likely N-dealkylation sites (tertiary alicyclic amines) is 2. The minimum absolute atomic E-state index is 0.345. The maximum Gasteiger partial charge on any atom is 0.414 e. The Bertz CT molecular complexity index is 1380. The SMILES string of the molecule is CCN(CCCCCC(=O)N1CCC(CC2CCN(C(=O)CCCCCN(CC)Cc3ccccc3OC)CC2)CC1)Cc1ccccc1OC.O=C(O)C(=O)O. The van der Waals surface area contributed by atoms with E-state index >= 15 is 0 Å². The van der Waals surface area contributed by atoms with E-state index in [2.05, 4.69) is 57.7 Å². The van der Waals surface area contributed by atoms with E-state index < -0.39 is 11.9 Å². The molecule has 2 N–H and O–H groups in total. The van der Waals surface area contributed by atoms with Crippen LogP contribution in [0.5, 0.6) is 11.5 Å². The molecule has 0 unspecified atom stereocenters. The number of aliphatic carboxylic acids is 2. The van der Waals surface area contributed by atoms with E-state index in [0.717, 1.165) is 153 Å². The lowest BCUT2D eigenvalue weighted by atomic mass is 9.82. The number of carbonyl (C=O) groups excluding carboxylic acids is 2. The average Bonchev–Trinajstić information content (AvgIpc) is 3.23. The van der Waals surface area contributed by atoms with Gasteiger partial charge in [0.1, 0.15) is 11.5 Å². The molecule has 2 saturated heterocycles. The number of carboxylic acids is 2. The summed E-state index contributed by atoms with van der Waals surface area (Å²) in [5, 5.41) is 14.8. The molecule has 0 radical (unpaired) electrons. The topological polar surface area (TPSA) is 140 Å². The van der Waals surface area contributed by atoms with Crippen LogP contribution >= 0.6 is 0 Å². The van der Waals surface area contributed by atoms with Gasteiger partial charge < -0.3 is 29.5 Å². The molecule has 2 aromatic rings. The van der Waals surface area contributed by atoms with Gasteiger partial charge in [-0.25, -0.2) is 9.59 Å². The zero-order valence-corrected chi connectivity index (χ0v) is 35.2. The molecule has 2 amide bonds. The van der Waals surface area contributed by atoms with Gasteiger partial charge in [0.05, 0.1) is 14.2 Å². The van der Waals surface area contributed by atoms with E-state index in [0.29, 0.717) is 24.7 Å². The van der Waals surface area contributed by atoms with Crippen molar-refractivity contribution in [1.29, 1.82) is 0 Å². The third kappa shape index (κ3) is 17.5. The van der Waals surface area contributed by atoms with E-state index in [1.165, 1.54) is 17.5 Å². The molecular formula is C45H70N4O8. The van der Waals surface area contributed by atoms with Crippen molar-refractivity contribution >= 4 is 23.8 Å². The van der Waals surface area contributed by atoms with Crippen molar-refractivity contribution in [2.24, 2.45) is 11.8 Å². The normalized spacial score (nSPS) is 15.0. The van der Waals surface area contributed by atoms with Crippen LogP contribution in [0.15, 0.2) is 48.5 Å². The Morgan fingerprint density at radius 2 is 0.965 bits per heavy atom. The van der Waals surface area contributed by atoms with Gasteiger partial charge in [-0.3, -0.25) is 19.4 Å². The molecule has 0 aromatic heterocycles. The second kappa shape index (κ2) is 26.7. The summed E-state index contributed by atoms with van der Waals surface area (Å²) in [5.74, 6) is 0.387. The molecule has 0 atom stereocenters. The number of nitrogens with zero attached hydrogens (tertiary/aromatic N) is 4. The highest BCUT2D eigenvalue weighted by Gasteiger charge is 2.28. The lowest BCUT2D eigenvalue weighted by Crippen LogP contribution is -2.41. The summed E-state index contributed by atoms with van der Waals surface area (Å²) >= 11 is 0. The Labute approximate surface area is 341 Å². The quantitative estimate of drug-likeness (QED) is 0.0930. The van der Waals surface area contributed by atoms with E-state index in [9.17, 15) is 9.59 Å². The zero-order valence-electron chi connectivity index (χ0n) is 35.2. The van der Waals surface area contributed by atoms with Gasteiger partial charge in [-0.1, -0.05) is 63.1 Å². The number of carboxylic acid groups (broad SMARTS) is 2. The van der Waals surface area contributed by atoms with Gasteiger partial charge in [0.15, 0.2) is 0 Å². The van der Waals surface area contributed by atoms with Gasteiger partial charge >= 0.3 is 11.9 Å². The number of amides is 2. The monoisotopic (exact) mass is 795 g/mol. The zero-order chi connectivity index (χ0) is 41.4. The van der Waals surface area contributed by atoms with E-state index in [4.69, 9.17) is 29.3 Å². The van der Waals surface area contributed by atoms with Crippen molar-refractivity contribution < 1.29 is 38.9 Å². The smallest absolute Gasteiger partial charge is 0.414 e. The number of carbonyl (C=O) groups is 4. The van der Waals surface area contributed by atoms with Crippen LogP contribution in [0.25, 0.3) is 0 Å². The molecule has 2 aliphatic heterocycles. The van der Waals surface area contributed by atoms with Crippen LogP contribution in [-0.2, 0) is 32.3 Å². The number of piperidine rings is 2. The van der Waals surface area contributed by atoms with E-state index in [-0.39, 0.29) is 0 Å². The highest BCUT2D eigenvalue weighted by Crippen LogP contribution is 2.31. The van der Waals surface area contributed by atoms with Crippen LogP contribution in [-0.4, -0.2) is 120 Å². The molecule has 2 aromatic carbocycles. The summed E-state index contributed by atoms with van der Waals surface area (Å²) < 4.78 is 11.1. The first kappa shape index (κ1) is 47.2. The highest BCUT2D eigenvalue weighted by molar-refractivity contribution is 6.27. The summed E-state index contributed by atoms with van der Waals surface area (Å²) in [6, 6.07) is 16.5. The van der Waals surface area contributed by atoms with Crippen molar-refractivity contribution in [3.05, 3.63) is 59.7 Å². The molecule has 0 aliphatic carbocycles. The molecule has 12 heteroatoms. The second-order valence-corrected chi connectivity index (χ2v) is 15.5. The first-order valence-corrected chi connectivity index (χ1v) is 21.3. The summed E-state index contributed by atoms with van der Waals surface area (Å²) in [4.78, 5) is 53.3. The molecule has 0 bridgehead atoms. The van der Waals surface area contributed by atoms with Crippen LogP contribution in [0, 0.1) is 11.8 Å². The van der Waals surface area contributed by atoms with Crippen molar-refractivity contribution in [2.45, 2.75) is 110 Å². The van der Waals surface area contributed by atoms with Crippen molar-refractivity contribution in [3.63, 3.8) is 0 Å². The summed E-state index contributed by atoms with van der Waals surface area (Å²) in [6.07, 6.45) is 13.5. The first-order chi connectivity index (χ1) is 27.6. The average molecular weight is 795 g/mol. The predicted molar refractivity (Wildman–Crippen MR) is 223 cm³/mol. The molecule has 57 heavy (non-hydrogen) atoms. The van der Waals surface area contributed by atoms with Gasteiger partial charge in [0.25, 0.3) is 0 Å². The highest BCUT2D eigenvalue weighted by atomic mass is 16.5. The fraction of sp³-hybridized carbons (Fsp3) is 0.644. The van der Waals surface area contributed by atoms with Gasteiger partial charge in [-0.2, -0.15) is 0 Å². The fourth-order valence-electron chi connectivity index (χ4n) is 8.05. The minimum Gasteiger partial charge on any atom is -0.496 e. The third-order valence-electron chi connectivity index (χ3n) is 11.6. The summed E-state index contributed by atoms with van der Waals surface area (Å²) in [6.45, 7) is 14.0. The number of ether oxygens (including phenoxy) is 2. The fourth-order valence-corrected chi connectivity index (χ4v) is 8.05. The maximum absolute atomic E-state index is 13.0. The maximum atomic E-state index is 13.0. The van der Waals surface area contributed by atoms with Gasteiger partial charge in [-0.15, -0.1) is 0 Å². The van der Waals surface area contributed by atoms with Crippen molar-refractivity contribution in [1.82, 2.24) is 19.6 Å². The largest absolute Gasteiger partial charge is 0.496 e. The van der Waals surface area contributed by atoms with Gasteiger partial charge in [0, 0.05) is 63.2 Å². The molecule has 318 valence electrons. The number of rotatable bonds is 22. The van der Waals surface area contributed by atoms with Crippen LogP contribution in [0.2, 0.25) is 0 Å². The standard InChI is InChI=1S/C43H68N4O4.C2H2O4/c1-5-44(34-38-17-11-13-19-40(38)50-3)27-15-7-9-21-42(48)46-29-23-36(24-30-46)33-37-25-31-47(32-26-37)43(49)22-10-8-16-28-45(6-2)35-39-18-12-14-20-41(39)51-4;3-1(4)2(5)6/h11-14,17-20,36-37H,5-10,15-16,21-35H2,1-4H3;(H,3,4)(H,5,6). The second-order valence-electron chi connectivity index (χ2n) is 15.5. The Kier molecular flexibility index (Phi) is 22.1. The molecule has 2 fully saturated rings. The van der Waals surface area contributed by atoms with E-state index in [1.807, 2.05) is 24.3 Å². The number of hydrogen-bond donors (Lipinski definition) is 2. The Balaban J connectivity index is 0.00000134. The Morgan fingerprint density at radius 1 is 0.596 bits per heavy atom. The first-order valence-electron chi connectivity index (χ1n) is 21.3. The van der Waals surface area contributed by atoms with Crippen LogP contribution in [0.3, 0.4) is 0 Å². The number of unbranched alkanes of at least 4 members (excludes halogenated alkanes) is 4. The van der Waals surface area contributed by atoms with Gasteiger partial charge in [0.2, 0.25) is 11.8 Å². The van der Waals surface area contributed by atoms with Crippen molar-refractivity contribution in [3.8, 4) is 11.5 Å². The molecule has 4 rings (SSSR count). The predicted octanol–water partition coefficient (Wildman–Crippen LogP) is 7.19. The van der Waals surface area contributed by atoms with Crippen LogP contribution in [0.1, 0.15) is 108 Å². The summed E-state index contributed by atoms with van der Waals surface area (Å²) in [5.41, 5.74) is 2.46. The number of benzene rings is 2. The Morgan fingerprint density at radius 3 is 1.30 bits per heavy atom. The van der Waals surface area contributed by atoms with Crippen LogP contribution < -0.4 is 9.47 Å². The van der Waals surface area contributed by atoms with Crippen molar-refractivity contribution in [2.75, 3.05) is 66.6 Å². The number of methoxy groups -OCH3 is 2. The minimum atomic E-state index is -1.82. The molecular weight excluding hydrogens is 725 g/mol. The lowest BCUT2D eigenvalue weighted by molar-refractivity contribution is -0.159. The Hall–Kier alpha value is -4.16. The van der Waals surface area contributed by atoms with E-state index in [1.54, 1.807) is 14.2 Å². The van der Waals surface area contributed by atoms with Gasteiger partial charge in [-0.05, 0) is 108 Å². The molecule has 2 aliphatic rings. The van der Waals surface area contributed by atoms with Crippen LogP contribution in [0.4, 0.5) is 0 Å². The molecule has 0 spiro atoms. The third-order valence-corrected chi connectivity index (χ3v) is 11.6. The molecule has 12 nitrogen and oxygen atoms in total. The molecule has 2 heterocycles. The number of para-hydroxylation sites is 2.